The number of nitrogens with one attached hydrogen (secondary N) is 2. The number of benzene rings is 1. The molecule has 2 fully saturated rings. The van der Waals surface area contributed by atoms with Gasteiger partial charge >= 0.3 is 6.18 Å². The minimum absolute atomic E-state index is 0.0492. The van der Waals surface area contributed by atoms with Crippen LogP contribution < -0.4 is 10.6 Å². The van der Waals surface area contributed by atoms with E-state index in [2.05, 4.69) is 5.32 Å². The molecule has 2 aliphatic carbocycles. The van der Waals surface area contributed by atoms with E-state index in [0.29, 0.717) is 23.9 Å². The van der Waals surface area contributed by atoms with Crippen LogP contribution in [0, 0.1) is 17.8 Å². The molecule has 2 aliphatic rings. The molecule has 4 nitrogen and oxygen atoms in total. The van der Waals surface area contributed by atoms with Gasteiger partial charge in [0, 0.05) is 17.7 Å². The van der Waals surface area contributed by atoms with Gasteiger partial charge in [0.05, 0.1) is 0 Å². The smallest absolute Gasteiger partial charge is 0.343 e. The van der Waals surface area contributed by atoms with Gasteiger partial charge in [-0.25, -0.2) is 0 Å². The predicted molar refractivity (Wildman–Crippen MR) is 87.0 cm³/mol. The molecule has 1 aromatic rings. The number of rotatable bonds is 5. The van der Waals surface area contributed by atoms with Gasteiger partial charge in [0.15, 0.2) is 0 Å². The normalized spacial score (nSPS) is 25.0. The van der Waals surface area contributed by atoms with Gasteiger partial charge < -0.3 is 10.6 Å². The number of hydrogen-bond acceptors (Lipinski definition) is 2. The first-order valence-electron chi connectivity index (χ1n) is 8.55. The van der Waals surface area contributed by atoms with Crippen LogP contribution in [0.3, 0.4) is 0 Å². The number of alkyl halides is 3. The monoisotopic (exact) mass is 354 g/mol. The largest absolute Gasteiger partial charge is 0.405 e. The Morgan fingerprint density at radius 1 is 1.08 bits per heavy atom. The first-order chi connectivity index (χ1) is 11.8. The zero-order chi connectivity index (χ0) is 18.0. The highest BCUT2D eigenvalue weighted by Crippen LogP contribution is 2.49. The van der Waals surface area contributed by atoms with Crippen LogP contribution in [-0.4, -0.2) is 24.5 Å². The molecule has 7 heteroatoms. The third-order valence-electron chi connectivity index (χ3n) is 5.21. The number of fused-ring (bicyclic) bond motifs is 2. The SMILES string of the molecule is O=C(CC1CC2CCC1C2)Nc1ccc(C(=O)NCC(F)(F)F)cc1. The molecule has 0 aromatic heterocycles. The van der Waals surface area contributed by atoms with E-state index < -0.39 is 18.6 Å². The Balaban J connectivity index is 1.48. The average Bonchev–Trinajstić information content (AvgIpc) is 3.15. The maximum Gasteiger partial charge on any atom is 0.405 e. The molecule has 136 valence electrons. The molecule has 0 heterocycles. The van der Waals surface area contributed by atoms with Crippen molar-refractivity contribution in [3.63, 3.8) is 0 Å². The summed E-state index contributed by atoms with van der Waals surface area (Å²) in [6, 6.07) is 5.86. The fourth-order valence-electron chi connectivity index (χ4n) is 4.06. The zero-order valence-corrected chi connectivity index (χ0v) is 13.7. The maximum absolute atomic E-state index is 12.2. The van der Waals surface area contributed by atoms with Crippen molar-refractivity contribution >= 4 is 17.5 Å². The Morgan fingerprint density at radius 2 is 1.80 bits per heavy atom. The van der Waals surface area contributed by atoms with Crippen molar-refractivity contribution < 1.29 is 22.8 Å². The molecule has 1 aromatic carbocycles. The Labute approximate surface area is 144 Å². The van der Waals surface area contributed by atoms with E-state index in [1.807, 2.05) is 5.32 Å². The highest BCUT2D eigenvalue weighted by atomic mass is 19.4. The summed E-state index contributed by atoms with van der Waals surface area (Å²) < 4.78 is 36.3. The van der Waals surface area contributed by atoms with Crippen LogP contribution in [0.2, 0.25) is 0 Å². The molecule has 2 saturated carbocycles. The van der Waals surface area contributed by atoms with Crippen molar-refractivity contribution in [3.05, 3.63) is 29.8 Å². The number of hydrogen-bond donors (Lipinski definition) is 2. The average molecular weight is 354 g/mol. The van der Waals surface area contributed by atoms with Crippen LogP contribution in [0.25, 0.3) is 0 Å². The molecule has 0 radical (unpaired) electrons. The van der Waals surface area contributed by atoms with Crippen LogP contribution in [0.15, 0.2) is 24.3 Å². The summed E-state index contributed by atoms with van der Waals surface area (Å²) in [7, 11) is 0. The minimum atomic E-state index is -4.44. The molecule has 2 N–H and O–H groups in total. The van der Waals surface area contributed by atoms with Crippen molar-refractivity contribution in [2.45, 2.75) is 38.3 Å². The maximum atomic E-state index is 12.2. The van der Waals surface area contributed by atoms with Gasteiger partial charge in [-0.2, -0.15) is 13.2 Å². The summed E-state index contributed by atoms with van der Waals surface area (Å²) >= 11 is 0. The first-order valence-corrected chi connectivity index (χ1v) is 8.55. The van der Waals surface area contributed by atoms with Crippen molar-refractivity contribution in [1.82, 2.24) is 5.32 Å². The summed E-state index contributed by atoms with van der Waals surface area (Å²) in [5.74, 6) is 1.09. The number of halogens is 3. The second-order valence-electron chi connectivity index (χ2n) is 7.06. The zero-order valence-electron chi connectivity index (χ0n) is 13.7. The summed E-state index contributed by atoms with van der Waals surface area (Å²) in [5, 5.41) is 4.61. The lowest BCUT2D eigenvalue weighted by atomic mass is 9.86. The molecule has 2 amide bonds. The van der Waals surface area contributed by atoms with Crippen molar-refractivity contribution in [3.8, 4) is 0 Å². The van der Waals surface area contributed by atoms with Gasteiger partial charge in [-0.3, -0.25) is 9.59 Å². The summed E-state index contributed by atoms with van der Waals surface area (Å²) in [5.41, 5.74) is 0.663. The molecule has 0 saturated heterocycles. The van der Waals surface area contributed by atoms with Crippen LogP contribution in [0.4, 0.5) is 18.9 Å². The van der Waals surface area contributed by atoms with E-state index in [1.54, 1.807) is 0 Å². The van der Waals surface area contributed by atoms with Crippen LogP contribution >= 0.6 is 0 Å². The quantitative estimate of drug-likeness (QED) is 0.846. The van der Waals surface area contributed by atoms with E-state index in [1.165, 1.54) is 43.5 Å². The van der Waals surface area contributed by atoms with Gasteiger partial charge in [-0.1, -0.05) is 6.42 Å². The molecule has 2 bridgehead atoms. The van der Waals surface area contributed by atoms with Crippen molar-refractivity contribution in [1.29, 1.82) is 0 Å². The second kappa shape index (κ2) is 7.06. The Hall–Kier alpha value is -2.05. The van der Waals surface area contributed by atoms with E-state index in [0.717, 1.165) is 12.3 Å². The third kappa shape index (κ3) is 4.74. The summed E-state index contributed by atoms with van der Waals surface area (Å²) in [6.45, 7) is -1.37. The fraction of sp³-hybridized carbons (Fsp3) is 0.556. The van der Waals surface area contributed by atoms with Gasteiger partial charge in [0.25, 0.3) is 5.91 Å². The fourth-order valence-corrected chi connectivity index (χ4v) is 4.06. The van der Waals surface area contributed by atoms with Gasteiger partial charge in [-0.05, 0) is 61.3 Å². The standard InChI is InChI=1S/C18H21F3N2O2/c19-18(20,21)10-22-17(25)12-3-5-15(6-4-12)23-16(24)9-14-8-11-1-2-13(14)7-11/h3-6,11,13-14H,1-2,7-10H2,(H,22,25)(H,23,24). The first kappa shape index (κ1) is 17.8. The number of anilines is 1. The van der Waals surface area contributed by atoms with Crippen LogP contribution in [-0.2, 0) is 4.79 Å². The highest BCUT2D eigenvalue weighted by molar-refractivity contribution is 5.95. The third-order valence-corrected chi connectivity index (χ3v) is 5.21. The topological polar surface area (TPSA) is 58.2 Å². The molecule has 0 spiro atoms. The molecule has 3 rings (SSSR count). The lowest BCUT2D eigenvalue weighted by Gasteiger charge is -2.20. The molecule has 0 aliphatic heterocycles. The van der Waals surface area contributed by atoms with Crippen molar-refractivity contribution in [2.24, 2.45) is 17.8 Å². The molecule has 3 atom stereocenters. The van der Waals surface area contributed by atoms with E-state index >= 15 is 0 Å². The van der Waals surface area contributed by atoms with Gasteiger partial charge in [0.1, 0.15) is 6.54 Å². The number of amides is 2. The Bertz CT molecular complexity index is 643. The van der Waals surface area contributed by atoms with Gasteiger partial charge in [0.2, 0.25) is 5.91 Å². The van der Waals surface area contributed by atoms with Crippen LogP contribution in [0.5, 0.6) is 0 Å². The Morgan fingerprint density at radius 3 is 2.36 bits per heavy atom. The van der Waals surface area contributed by atoms with E-state index in [4.69, 9.17) is 0 Å². The van der Waals surface area contributed by atoms with Gasteiger partial charge in [-0.15, -0.1) is 0 Å². The number of carbonyl (C=O) groups is 2. The molecular formula is C18H21F3N2O2. The lowest BCUT2D eigenvalue weighted by Crippen LogP contribution is -2.33. The number of carbonyl (C=O) groups excluding carboxylic acids is 2. The lowest BCUT2D eigenvalue weighted by molar-refractivity contribution is -0.123. The van der Waals surface area contributed by atoms with Crippen LogP contribution in [0.1, 0.15) is 42.5 Å². The second-order valence-corrected chi connectivity index (χ2v) is 7.06. The van der Waals surface area contributed by atoms with E-state index in [-0.39, 0.29) is 11.5 Å². The minimum Gasteiger partial charge on any atom is -0.343 e. The van der Waals surface area contributed by atoms with E-state index in [9.17, 15) is 22.8 Å². The molecule has 3 unspecified atom stereocenters. The molecular weight excluding hydrogens is 333 g/mol. The summed E-state index contributed by atoms with van der Waals surface area (Å²) in [4.78, 5) is 23.8. The van der Waals surface area contributed by atoms with Crippen molar-refractivity contribution in [2.75, 3.05) is 11.9 Å². The summed E-state index contributed by atoms with van der Waals surface area (Å²) in [6.07, 6.45) is 0.972. The predicted octanol–water partition coefficient (Wildman–Crippen LogP) is 3.74. The molecule has 25 heavy (non-hydrogen) atoms. The highest BCUT2D eigenvalue weighted by Gasteiger charge is 2.40. The Kier molecular flexibility index (Phi) is 5.01.